The molecular formula is C32H37N7O3. The Morgan fingerprint density at radius 3 is 2.50 bits per heavy atom. The van der Waals surface area contributed by atoms with Crippen LogP contribution in [0.4, 0.5) is 22.0 Å². The Bertz CT molecular complexity index is 1580. The third-order valence-electron chi connectivity index (χ3n) is 8.10. The van der Waals surface area contributed by atoms with Crippen LogP contribution >= 0.6 is 0 Å². The van der Waals surface area contributed by atoms with E-state index >= 15 is 0 Å². The minimum Gasteiger partial charge on any atom is -0.378 e. The molecule has 3 amide bonds. The molecule has 5 heterocycles. The molecule has 42 heavy (non-hydrogen) atoms. The predicted molar refractivity (Wildman–Crippen MR) is 163 cm³/mol. The van der Waals surface area contributed by atoms with Gasteiger partial charge in [0.15, 0.2) is 5.65 Å². The molecule has 2 unspecified atom stereocenters. The summed E-state index contributed by atoms with van der Waals surface area (Å²) in [5, 5.41) is 6.55. The third-order valence-corrected chi connectivity index (χ3v) is 8.10. The first-order chi connectivity index (χ1) is 20.4. The molecule has 0 spiro atoms. The Hall–Kier alpha value is -4.44. The van der Waals surface area contributed by atoms with Crippen molar-refractivity contribution in [1.82, 2.24) is 24.2 Å². The number of rotatable bonds is 5. The van der Waals surface area contributed by atoms with Crippen molar-refractivity contribution in [1.29, 1.82) is 0 Å². The highest BCUT2D eigenvalue weighted by Gasteiger charge is 2.26. The second-order valence-corrected chi connectivity index (χ2v) is 11.5. The second-order valence-electron chi connectivity index (χ2n) is 11.5. The van der Waals surface area contributed by atoms with Gasteiger partial charge in [0.05, 0.1) is 24.5 Å². The van der Waals surface area contributed by atoms with Gasteiger partial charge >= 0.3 is 6.03 Å². The van der Waals surface area contributed by atoms with Crippen molar-refractivity contribution >= 4 is 34.8 Å². The molecule has 2 saturated heterocycles. The van der Waals surface area contributed by atoms with Crippen LogP contribution in [0.5, 0.6) is 0 Å². The molecule has 6 rings (SSSR count). The van der Waals surface area contributed by atoms with Crippen LogP contribution in [0.2, 0.25) is 0 Å². The first kappa shape index (κ1) is 27.7. The summed E-state index contributed by atoms with van der Waals surface area (Å²) < 4.78 is 7.32. The first-order valence-corrected chi connectivity index (χ1v) is 14.6. The van der Waals surface area contributed by atoms with E-state index in [1.165, 1.54) is 0 Å². The van der Waals surface area contributed by atoms with Crippen molar-refractivity contribution in [3.8, 4) is 11.1 Å². The number of hydrogen-bond donors (Lipinski definition) is 2. The van der Waals surface area contributed by atoms with E-state index in [0.29, 0.717) is 49.5 Å². The molecular weight excluding hydrogens is 530 g/mol. The minimum absolute atomic E-state index is 0.0400. The van der Waals surface area contributed by atoms with Gasteiger partial charge in [0.25, 0.3) is 5.91 Å². The van der Waals surface area contributed by atoms with E-state index in [4.69, 9.17) is 4.74 Å². The number of aromatic nitrogens is 3. The van der Waals surface area contributed by atoms with Gasteiger partial charge in [-0.15, -0.1) is 0 Å². The number of urea groups is 1. The Labute approximate surface area is 245 Å². The highest BCUT2D eigenvalue weighted by atomic mass is 16.5. The summed E-state index contributed by atoms with van der Waals surface area (Å²) in [7, 11) is 0. The number of carbonyl (C=O) groups is 2. The zero-order valence-electron chi connectivity index (χ0n) is 24.3. The zero-order valence-corrected chi connectivity index (χ0v) is 24.3. The van der Waals surface area contributed by atoms with E-state index < -0.39 is 0 Å². The largest absolute Gasteiger partial charge is 0.378 e. The van der Waals surface area contributed by atoms with Gasteiger partial charge in [0, 0.05) is 62.2 Å². The van der Waals surface area contributed by atoms with Gasteiger partial charge in [0.2, 0.25) is 0 Å². The highest BCUT2D eigenvalue weighted by molar-refractivity contribution is 5.94. The minimum atomic E-state index is -0.0531. The van der Waals surface area contributed by atoms with Crippen LogP contribution in [0.1, 0.15) is 36.2 Å². The Morgan fingerprint density at radius 2 is 1.76 bits per heavy atom. The molecule has 218 valence electrons. The number of nitrogens with zero attached hydrogens (tertiary/aromatic N) is 5. The molecule has 2 fully saturated rings. The molecule has 10 nitrogen and oxygen atoms in total. The van der Waals surface area contributed by atoms with Crippen LogP contribution in [0.25, 0.3) is 16.8 Å². The summed E-state index contributed by atoms with van der Waals surface area (Å²) in [6, 6.07) is 11.6. The van der Waals surface area contributed by atoms with Crippen molar-refractivity contribution in [2.24, 2.45) is 11.8 Å². The number of amides is 3. The molecule has 2 N–H and O–H groups in total. The quantitative estimate of drug-likeness (QED) is 0.333. The summed E-state index contributed by atoms with van der Waals surface area (Å²) in [5.41, 5.74) is 5.84. The number of carbonyl (C=O) groups excluding carboxylic acids is 2. The number of piperidine rings is 1. The number of benzene rings is 1. The zero-order chi connectivity index (χ0) is 29.2. The Balaban J connectivity index is 1.24. The lowest BCUT2D eigenvalue weighted by atomic mass is 9.92. The molecule has 2 aliphatic heterocycles. The van der Waals surface area contributed by atoms with E-state index in [1.807, 2.05) is 52.9 Å². The van der Waals surface area contributed by atoms with Crippen LogP contribution in [0.15, 0.2) is 61.2 Å². The van der Waals surface area contributed by atoms with Crippen molar-refractivity contribution in [2.45, 2.75) is 27.2 Å². The molecule has 1 aromatic carbocycles. The second kappa shape index (κ2) is 11.8. The number of fused-ring (bicyclic) bond motifs is 1. The summed E-state index contributed by atoms with van der Waals surface area (Å²) in [5.74, 6) is 1.56. The number of imidazole rings is 1. The lowest BCUT2D eigenvalue weighted by Gasteiger charge is -2.35. The van der Waals surface area contributed by atoms with Crippen LogP contribution in [-0.2, 0) is 4.74 Å². The maximum Gasteiger partial charge on any atom is 0.321 e. The molecule has 3 aromatic heterocycles. The summed E-state index contributed by atoms with van der Waals surface area (Å²) in [6.07, 6.45) is 8.45. The number of ether oxygens (including phenoxy) is 1. The average molecular weight is 568 g/mol. The Kier molecular flexibility index (Phi) is 7.80. The number of pyridine rings is 2. The summed E-state index contributed by atoms with van der Waals surface area (Å²) in [4.78, 5) is 38.8. The lowest BCUT2D eigenvalue weighted by molar-refractivity contribution is 0.0302. The summed E-state index contributed by atoms with van der Waals surface area (Å²) >= 11 is 0. The fourth-order valence-corrected chi connectivity index (χ4v) is 6.06. The van der Waals surface area contributed by atoms with E-state index in [9.17, 15) is 9.59 Å². The lowest BCUT2D eigenvalue weighted by Crippen LogP contribution is -2.44. The van der Waals surface area contributed by atoms with E-state index in [2.05, 4.69) is 40.5 Å². The smallest absolute Gasteiger partial charge is 0.321 e. The van der Waals surface area contributed by atoms with Crippen LogP contribution in [-0.4, -0.2) is 75.5 Å². The molecule has 4 aromatic rings. The van der Waals surface area contributed by atoms with Crippen LogP contribution in [0.3, 0.4) is 0 Å². The normalized spacial score (nSPS) is 19.1. The fraction of sp³-hybridized carbons (Fsp3) is 0.375. The Morgan fingerprint density at radius 1 is 0.976 bits per heavy atom. The fourth-order valence-electron chi connectivity index (χ4n) is 6.06. The monoisotopic (exact) mass is 567 g/mol. The van der Waals surface area contributed by atoms with Gasteiger partial charge in [0.1, 0.15) is 5.82 Å². The van der Waals surface area contributed by atoms with Crippen molar-refractivity contribution in [3.63, 3.8) is 0 Å². The van der Waals surface area contributed by atoms with Gasteiger partial charge in [-0.3, -0.25) is 4.79 Å². The van der Waals surface area contributed by atoms with E-state index in [-0.39, 0.29) is 11.9 Å². The molecule has 2 atom stereocenters. The predicted octanol–water partition coefficient (Wildman–Crippen LogP) is 5.43. The molecule has 0 bridgehead atoms. The van der Waals surface area contributed by atoms with Gasteiger partial charge in [-0.1, -0.05) is 26.0 Å². The highest BCUT2D eigenvalue weighted by Crippen LogP contribution is 2.33. The number of likely N-dealkylation sites (tertiary alicyclic amines) is 1. The van der Waals surface area contributed by atoms with Gasteiger partial charge in [-0.05, 0) is 60.6 Å². The average Bonchev–Trinajstić information content (AvgIpc) is 3.47. The number of nitrogens with one attached hydrogen (secondary N) is 2. The molecule has 0 radical (unpaired) electrons. The van der Waals surface area contributed by atoms with Gasteiger partial charge in [-0.25, -0.2) is 14.8 Å². The SMILES string of the molecule is Cc1c(NC(=O)N2CC(C)CC(C)C2)cccc1-c1cc(Nc2ccc(C(=O)N3CCOCC3)cn2)c2nccn2c1. The van der Waals surface area contributed by atoms with Crippen molar-refractivity contribution in [3.05, 3.63) is 72.3 Å². The van der Waals surface area contributed by atoms with E-state index in [0.717, 1.165) is 53.2 Å². The third kappa shape index (κ3) is 5.80. The van der Waals surface area contributed by atoms with E-state index in [1.54, 1.807) is 23.4 Å². The maximum absolute atomic E-state index is 13.2. The maximum atomic E-state index is 13.2. The molecule has 0 saturated carbocycles. The topological polar surface area (TPSA) is 104 Å². The number of morpholine rings is 1. The van der Waals surface area contributed by atoms with Gasteiger partial charge < -0.3 is 29.6 Å². The molecule has 2 aliphatic rings. The van der Waals surface area contributed by atoms with Crippen molar-refractivity contribution < 1.29 is 14.3 Å². The van der Waals surface area contributed by atoms with Crippen LogP contribution < -0.4 is 10.6 Å². The molecule has 10 heteroatoms. The van der Waals surface area contributed by atoms with Gasteiger partial charge in [-0.2, -0.15) is 0 Å². The number of hydrogen-bond acceptors (Lipinski definition) is 6. The van der Waals surface area contributed by atoms with Crippen LogP contribution in [0, 0.1) is 18.8 Å². The first-order valence-electron chi connectivity index (χ1n) is 14.6. The summed E-state index contributed by atoms with van der Waals surface area (Å²) in [6.45, 7) is 10.3. The van der Waals surface area contributed by atoms with Crippen molar-refractivity contribution in [2.75, 3.05) is 50.0 Å². The standard InChI is InChI=1S/C32H37N7O3/c1-21-15-22(2)19-39(18-21)32(41)36-27-6-4-5-26(23(27)3)25-16-28(30-33-9-10-38(30)20-25)35-29-8-7-24(17-34-29)31(40)37-11-13-42-14-12-37/h4-10,16-17,20-22H,11-15,18-19H2,1-3H3,(H,34,35)(H,36,41). The molecule has 0 aliphatic carbocycles. The number of anilines is 3.